The predicted octanol–water partition coefficient (Wildman–Crippen LogP) is 1.93. The van der Waals surface area contributed by atoms with Crippen molar-refractivity contribution in [1.82, 2.24) is 10.2 Å². The fraction of sp³-hybridized carbons (Fsp3) is 0.714. The van der Waals surface area contributed by atoms with E-state index in [0.29, 0.717) is 0 Å². The van der Waals surface area contributed by atoms with Gasteiger partial charge in [0.05, 0.1) is 6.10 Å². The van der Waals surface area contributed by atoms with E-state index in [2.05, 4.69) is 27.7 Å². The normalized spacial score (nSPS) is 20.1. The molecule has 1 saturated heterocycles. The van der Waals surface area contributed by atoms with Crippen molar-refractivity contribution in [3.63, 3.8) is 0 Å². The third-order valence-electron chi connectivity index (χ3n) is 3.54. The van der Waals surface area contributed by atoms with Crippen LogP contribution >= 0.6 is 11.3 Å². The summed E-state index contributed by atoms with van der Waals surface area (Å²) < 4.78 is 0. The highest BCUT2D eigenvalue weighted by atomic mass is 32.1. The van der Waals surface area contributed by atoms with Gasteiger partial charge >= 0.3 is 0 Å². The molecule has 0 spiro atoms. The second-order valence-corrected chi connectivity index (χ2v) is 6.34. The molecule has 2 heterocycles. The molecular weight excluding hydrogens is 244 g/mol. The molecule has 2 N–H and O–H groups in total. The minimum absolute atomic E-state index is 0.196. The van der Waals surface area contributed by atoms with Gasteiger partial charge in [-0.1, -0.05) is 6.07 Å². The summed E-state index contributed by atoms with van der Waals surface area (Å²) in [6, 6.07) is 4.29. The van der Waals surface area contributed by atoms with E-state index < -0.39 is 0 Å². The van der Waals surface area contributed by atoms with Gasteiger partial charge in [0.1, 0.15) is 0 Å². The summed E-state index contributed by atoms with van der Waals surface area (Å²) in [4.78, 5) is 3.79. The molecule has 1 aliphatic rings. The lowest BCUT2D eigenvalue weighted by Gasteiger charge is -2.32. The monoisotopic (exact) mass is 268 g/mol. The van der Waals surface area contributed by atoms with Crippen molar-refractivity contribution in [2.75, 3.05) is 26.2 Å². The van der Waals surface area contributed by atoms with Crippen LogP contribution in [0, 0.1) is 5.92 Å². The Morgan fingerprint density at radius 3 is 2.89 bits per heavy atom. The first-order valence-corrected chi connectivity index (χ1v) is 7.75. The molecule has 0 aliphatic carbocycles. The molecule has 1 aromatic heterocycles. The Morgan fingerprint density at radius 2 is 2.28 bits per heavy atom. The molecule has 4 heteroatoms. The van der Waals surface area contributed by atoms with Gasteiger partial charge in [-0.25, -0.2) is 0 Å². The first-order valence-electron chi connectivity index (χ1n) is 6.87. The molecule has 1 aromatic rings. The van der Waals surface area contributed by atoms with Gasteiger partial charge in [0.2, 0.25) is 0 Å². The molecule has 0 amide bonds. The quantitative estimate of drug-likeness (QED) is 0.827. The van der Waals surface area contributed by atoms with Gasteiger partial charge in [-0.3, -0.25) is 0 Å². The fourth-order valence-corrected chi connectivity index (χ4v) is 3.23. The number of thiophene rings is 1. The van der Waals surface area contributed by atoms with E-state index in [1.807, 2.05) is 18.3 Å². The first kappa shape index (κ1) is 14.0. The third kappa shape index (κ3) is 4.69. The summed E-state index contributed by atoms with van der Waals surface area (Å²) in [6.45, 7) is 7.10. The third-order valence-corrected chi connectivity index (χ3v) is 4.42. The van der Waals surface area contributed by atoms with E-state index in [0.717, 1.165) is 38.6 Å². The van der Waals surface area contributed by atoms with Crippen LogP contribution < -0.4 is 5.32 Å². The molecule has 3 nitrogen and oxygen atoms in total. The molecule has 1 fully saturated rings. The average Bonchev–Trinajstić information content (AvgIpc) is 2.84. The van der Waals surface area contributed by atoms with Crippen LogP contribution in [0.25, 0.3) is 0 Å². The number of likely N-dealkylation sites (tertiary alicyclic amines) is 1. The van der Waals surface area contributed by atoms with Gasteiger partial charge in [0.25, 0.3) is 0 Å². The maximum atomic E-state index is 9.36. The number of nitrogens with zero attached hydrogens (tertiary/aromatic N) is 1. The van der Waals surface area contributed by atoms with Crippen LogP contribution in [-0.2, 0) is 6.54 Å². The molecular formula is C14H24N2OS. The Hall–Kier alpha value is -0.420. The van der Waals surface area contributed by atoms with Gasteiger partial charge in [0, 0.05) is 18.0 Å². The molecule has 18 heavy (non-hydrogen) atoms. The topological polar surface area (TPSA) is 35.5 Å². The maximum Gasteiger partial charge on any atom is 0.0639 e. The van der Waals surface area contributed by atoms with E-state index in [1.54, 1.807) is 0 Å². The van der Waals surface area contributed by atoms with E-state index in [4.69, 9.17) is 0 Å². The largest absolute Gasteiger partial charge is 0.392 e. The number of piperidine rings is 1. The minimum Gasteiger partial charge on any atom is -0.392 e. The standard InChI is InChI=1S/C14H24N2OS/c1-12(17)11-16-6-4-13(5-7-16)9-15-10-14-3-2-8-18-14/h2-3,8,12-13,15,17H,4-7,9-11H2,1H3. The Morgan fingerprint density at radius 1 is 1.50 bits per heavy atom. The van der Waals surface area contributed by atoms with Crippen LogP contribution in [0.1, 0.15) is 24.6 Å². The molecule has 102 valence electrons. The number of nitrogens with one attached hydrogen (secondary N) is 1. The van der Waals surface area contributed by atoms with Crippen molar-refractivity contribution in [3.05, 3.63) is 22.4 Å². The zero-order valence-corrected chi connectivity index (χ0v) is 12.0. The van der Waals surface area contributed by atoms with Crippen LogP contribution in [0.2, 0.25) is 0 Å². The highest BCUT2D eigenvalue weighted by Gasteiger charge is 2.19. The number of hydrogen-bond acceptors (Lipinski definition) is 4. The minimum atomic E-state index is -0.196. The van der Waals surface area contributed by atoms with Crippen molar-refractivity contribution in [1.29, 1.82) is 0 Å². The highest BCUT2D eigenvalue weighted by Crippen LogP contribution is 2.17. The molecule has 0 radical (unpaired) electrons. The Labute approximate surface area is 114 Å². The summed E-state index contributed by atoms with van der Waals surface area (Å²) in [5.74, 6) is 0.801. The highest BCUT2D eigenvalue weighted by molar-refractivity contribution is 7.09. The van der Waals surface area contributed by atoms with Crippen LogP contribution in [0.3, 0.4) is 0 Å². The lowest BCUT2D eigenvalue weighted by Crippen LogP contribution is -2.40. The fourth-order valence-electron chi connectivity index (χ4n) is 2.56. The first-order chi connectivity index (χ1) is 8.74. The van der Waals surface area contributed by atoms with Crippen LogP contribution in [-0.4, -0.2) is 42.3 Å². The van der Waals surface area contributed by atoms with Crippen LogP contribution in [0.5, 0.6) is 0 Å². The number of rotatable bonds is 6. The van der Waals surface area contributed by atoms with E-state index in [-0.39, 0.29) is 6.10 Å². The van der Waals surface area contributed by atoms with E-state index in [1.165, 1.54) is 17.7 Å². The summed E-state index contributed by atoms with van der Waals surface area (Å²) in [5.41, 5.74) is 0. The molecule has 1 aliphatic heterocycles. The molecule has 0 bridgehead atoms. The summed E-state index contributed by atoms with van der Waals surface area (Å²) in [6.07, 6.45) is 2.31. The second kappa shape index (κ2) is 7.24. The van der Waals surface area contributed by atoms with Crippen molar-refractivity contribution in [3.8, 4) is 0 Å². The van der Waals surface area contributed by atoms with Crippen molar-refractivity contribution in [2.45, 2.75) is 32.4 Å². The van der Waals surface area contributed by atoms with Gasteiger partial charge < -0.3 is 15.3 Å². The number of β-amino-alcohol motifs (C(OH)–C–C–N with tert-alkyl or cyclic N) is 1. The molecule has 0 aromatic carbocycles. The summed E-state index contributed by atoms with van der Waals surface area (Å²) in [7, 11) is 0. The van der Waals surface area contributed by atoms with Gasteiger partial charge in [0.15, 0.2) is 0 Å². The maximum absolute atomic E-state index is 9.36. The summed E-state index contributed by atoms with van der Waals surface area (Å²) >= 11 is 1.82. The van der Waals surface area contributed by atoms with E-state index in [9.17, 15) is 5.11 Å². The van der Waals surface area contributed by atoms with E-state index >= 15 is 0 Å². The van der Waals surface area contributed by atoms with Crippen molar-refractivity contribution >= 4 is 11.3 Å². The predicted molar refractivity (Wildman–Crippen MR) is 76.9 cm³/mol. The Kier molecular flexibility index (Phi) is 5.63. The molecule has 0 saturated carbocycles. The van der Waals surface area contributed by atoms with Crippen molar-refractivity contribution in [2.24, 2.45) is 5.92 Å². The Bertz CT molecular complexity index is 319. The Balaban J connectivity index is 1.59. The average molecular weight is 268 g/mol. The SMILES string of the molecule is CC(O)CN1CCC(CNCc2cccs2)CC1. The number of aliphatic hydroxyl groups excluding tert-OH is 1. The smallest absolute Gasteiger partial charge is 0.0639 e. The molecule has 1 unspecified atom stereocenters. The number of aliphatic hydroxyl groups is 1. The molecule has 1 atom stereocenters. The van der Waals surface area contributed by atoms with Crippen molar-refractivity contribution < 1.29 is 5.11 Å². The lowest BCUT2D eigenvalue weighted by atomic mass is 9.96. The van der Waals surface area contributed by atoms with Crippen LogP contribution in [0.15, 0.2) is 17.5 Å². The zero-order chi connectivity index (χ0) is 12.8. The van der Waals surface area contributed by atoms with Gasteiger partial charge in [-0.2, -0.15) is 0 Å². The lowest BCUT2D eigenvalue weighted by molar-refractivity contribution is 0.0998. The van der Waals surface area contributed by atoms with Gasteiger partial charge in [-0.05, 0) is 56.8 Å². The molecule has 2 rings (SSSR count). The van der Waals surface area contributed by atoms with Crippen LogP contribution in [0.4, 0.5) is 0 Å². The summed E-state index contributed by atoms with van der Waals surface area (Å²) in [5, 5.41) is 15.1. The number of hydrogen-bond donors (Lipinski definition) is 2. The van der Waals surface area contributed by atoms with Gasteiger partial charge in [-0.15, -0.1) is 11.3 Å². The zero-order valence-electron chi connectivity index (χ0n) is 11.1. The second-order valence-electron chi connectivity index (χ2n) is 5.30.